The molecule has 1 aliphatic rings. The fraction of sp³-hybridized carbons (Fsp3) is 0.467. The first kappa shape index (κ1) is 31.0. The van der Waals surface area contributed by atoms with Gasteiger partial charge in [0.15, 0.2) is 0 Å². The lowest BCUT2D eigenvalue weighted by Gasteiger charge is -2.26. The number of thioether (sulfide) groups is 1. The molecule has 3 N–H and O–H groups in total. The van der Waals surface area contributed by atoms with Gasteiger partial charge in [-0.3, -0.25) is 9.59 Å². The van der Waals surface area contributed by atoms with Crippen LogP contribution in [0.2, 0.25) is 0 Å². The molecular formula is C30H39N3O6S. The van der Waals surface area contributed by atoms with E-state index < -0.39 is 47.6 Å². The highest BCUT2D eigenvalue weighted by atomic mass is 32.2. The van der Waals surface area contributed by atoms with Crippen LogP contribution in [0.15, 0.2) is 48.5 Å². The Morgan fingerprint density at radius 2 is 1.38 bits per heavy atom. The Hall–Kier alpha value is -3.53. The van der Waals surface area contributed by atoms with Gasteiger partial charge >= 0.3 is 12.1 Å². The molecule has 0 aromatic heterocycles. The average molecular weight is 570 g/mol. The number of hydrogen-bond donors (Lipinski definition) is 3. The van der Waals surface area contributed by atoms with E-state index in [0.717, 1.165) is 22.3 Å². The van der Waals surface area contributed by atoms with Crippen molar-refractivity contribution in [1.29, 1.82) is 0 Å². The molecule has 216 valence electrons. The monoisotopic (exact) mass is 569 g/mol. The van der Waals surface area contributed by atoms with E-state index in [1.165, 1.54) is 13.8 Å². The van der Waals surface area contributed by atoms with Crippen molar-refractivity contribution in [1.82, 2.24) is 16.0 Å². The van der Waals surface area contributed by atoms with Crippen molar-refractivity contribution >= 4 is 35.6 Å². The third kappa shape index (κ3) is 8.24. The third-order valence-electron chi connectivity index (χ3n) is 6.44. The number of fused-ring (bicyclic) bond motifs is 3. The maximum absolute atomic E-state index is 12.8. The minimum absolute atomic E-state index is 0.102. The molecule has 0 fully saturated rings. The van der Waals surface area contributed by atoms with Crippen LogP contribution in [-0.2, 0) is 23.9 Å². The van der Waals surface area contributed by atoms with Crippen LogP contribution in [0.4, 0.5) is 4.79 Å². The smallest absolute Gasteiger partial charge is 0.407 e. The van der Waals surface area contributed by atoms with E-state index in [-0.39, 0.29) is 12.5 Å². The summed E-state index contributed by atoms with van der Waals surface area (Å²) in [6.07, 6.45) is 1.56. The number of benzene rings is 2. The van der Waals surface area contributed by atoms with Crippen molar-refractivity contribution < 1.29 is 28.7 Å². The van der Waals surface area contributed by atoms with Crippen LogP contribution >= 0.6 is 11.8 Å². The van der Waals surface area contributed by atoms with Crippen LogP contribution in [0.1, 0.15) is 58.1 Å². The number of rotatable bonds is 11. The third-order valence-corrected chi connectivity index (χ3v) is 7.09. The average Bonchev–Trinajstić information content (AvgIpc) is 3.22. The summed E-state index contributed by atoms with van der Waals surface area (Å²) in [5, 5.41) is 7.78. The first-order valence-corrected chi connectivity index (χ1v) is 14.7. The standard InChI is InChI=1S/C30H39N3O6S/c1-18(27(35)33-25(15-16-40-6)28(36)39-30(3,4)5)31-26(34)19(2)32-29(37)38-17-24-22-13-9-7-11-20(22)21-12-8-10-14-23(21)24/h7-14,18-19,24-25H,15-17H2,1-6H3,(H,31,34)(H,32,37)(H,33,35)/t18-,19-,25-/m0/s1. The van der Waals surface area contributed by atoms with Crippen molar-refractivity contribution in [3.05, 3.63) is 59.7 Å². The summed E-state index contributed by atoms with van der Waals surface area (Å²) in [5.74, 6) is -1.08. The van der Waals surface area contributed by atoms with Gasteiger partial charge in [0.2, 0.25) is 11.8 Å². The van der Waals surface area contributed by atoms with Gasteiger partial charge in [0, 0.05) is 5.92 Å². The fourth-order valence-electron chi connectivity index (χ4n) is 4.44. The molecule has 0 heterocycles. The highest BCUT2D eigenvalue weighted by Gasteiger charge is 2.31. The largest absolute Gasteiger partial charge is 0.458 e. The van der Waals surface area contributed by atoms with Crippen molar-refractivity contribution in [2.75, 3.05) is 18.6 Å². The second-order valence-electron chi connectivity index (χ2n) is 10.8. The fourth-order valence-corrected chi connectivity index (χ4v) is 4.91. The van der Waals surface area contributed by atoms with Gasteiger partial charge in [0.25, 0.3) is 0 Å². The van der Waals surface area contributed by atoms with Gasteiger partial charge in [-0.15, -0.1) is 0 Å². The number of carbonyl (C=O) groups is 4. The Morgan fingerprint density at radius 3 is 1.93 bits per heavy atom. The van der Waals surface area contributed by atoms with E-state index in [9.17, 15) is 19.2 Å². The summed E-state index contributed by atoms with van der Waals surface area (Å²) in [6, 6.07) is 13.3. The number of alkyl carbamates (subject to hydrolysis) is 1. The zero-order chi connectivity index (χ0) is 29.4. The first-order chi connectivity index (χ1) is 18.9. The quantitative estimate of drug-likeness (QED) is 0.350. The number of esters is 1. The maximum atomic E-state index is 12.8. The SMILES string of the molecule is CSCC[C@H](NC(=O)[C@H](C)NC(=O)[C@H](C)NC(=O)OCC1c2ccccc2-c2ccccc21)C(=O)OC(C)(C)C. The minimum Gasteiger partial charge on any atom is -0.458 e. The van der Waals surface area contributed by atoms with Gasteiger partial charge in [-0.05, 0) is 75.3 Å². The van der Waals surface area contributed by atoms with Crippen LogP contribution in [0, 0.1) is 0 Å². The zero-order valence-corrected chi connectivity index (χ0v) is 24.7. The van der Waals surface area contributed by atoms with Crippen LogP contribution in [0.5, 0.6) is 0 Å². The predicted octanol–water partition coefficient (Wildman–Crippen LogP) is 4.00. The number of ether oxygens (including phenoxy) is 2. The van der Waals surface area contributed by atoms with E-state index in [4.69, 9.17) is 9.47 Å². The van der Waals surface area contributed by atoms with Gasteiger partial charge in [-0.2, -0.15) is 11.8 Å². The normalized spacial score (nSPS) is 14.7. The van der Waals surface area contributed by atoms with E-state index >= 15 is 0 Å². The first-order valence-electron chi connectivity index (χ1n) is 13.3. The molecule has 0 saturated carbocycles. The zero-order valence-electron chi connectivity index (χ0n) is 23.9. The molecule has 0 unspecified atom stereocenters. The number of amides is 3. The molecule has 0 aliphatic heterocycles. The van der Waals surface area contributed by atoms with Gasteiger partial charge in [0.05, 0.1) is 0 Å². The molecule has 0 saturated heterocycles. The Bertz CT molecular complexity index is 1180. The summed E-state index contributed by atoms with van der Waals surface area (Å²) in [7, 11) is 0. The van der Waals surface area contributed by atoms with E-state index in [2.05, 4.69) is 28.1 Å². The Kier molecular flexibility index (Phi) is 10.6. The van der Waals surface area contributed by atoms with Gasteiger partial charge < -0.3 is 25.4 Å². The molecule has 10 heteroatoms. The lowest BCUT2D eigenvalue weighted by molar-refractivity contribution is -0.158. The lowest BCUT2D eigenvalue weighted by Crippen LogP contribution is -2.54. The van der Waals surface area contributed by atoms with E-state index in [1.54, 1.807) is 32.5 Å². The van der Waals surface area contributed by atoms with Gasteiger partial charge in [0.1, 0.15) is 30.3 Å². The highest BCUT2D eigenvalue weighted by Crippen LogP contribution is 2.44. The summed E-state index contributed by atoms with van der Waals surface area (Å²) < 4.78 is 10.9. The summed E-state index contributed by atoms with van der Waals surface area (Å²) >= 11 is 1.55. The van der Waals surface area contributed by atoms with Crippen molar-refractivity contribution in [2.24, 2.45) is 0 Å². The minimum atomic E-state index is -0.955. The predicted molar refractivity (Wildman–Crippen MR) is 156 cm³/mol. The van der Waals surface area contributed by atoms with Crippen molar-refractivity contribution in [3.63, 3.8) is 0 Å². The second kappa shape index (κ2) is 13.7. The molecule has 0 spiro atoms. The summed E-state index contributed by atoms with van der Waals surface area (Å²) in [5.41, 5.74) is 3.72. The van der Waals surface area contributed by atoms with Gasteiger partial charge in [-0.25, -0.2) is 9.59 Å². The molecule has 1 aliphatic carbocycles. The molecule has 40 heavy (non-hydrogen) atoms. The van der Waals surface area contributed by atoms with Crippen LogP contribution in [0.3, 0.4) is 0 Å². The maximum Gasteiger partial charge on any atom is 0.407 e. The molecule has 3 amide bonds. The molecule has 0 radical (unpaired) electrons. The summed E-state index contributed by atoms with van der Waals surface area (Å²) in [6.45, 7) is 8.40. The molecule has 2 aromatic rings. The Labute approximate surface area is 240 Å². The Balaban J connectivity index is 1.51. The molecule has 0 bridgehead atoms. The highest BCUT2D eigenvalue weighted by molar-refractivity contribution is 7.98. The van der Waals surface area contributed by atoms with Crippen LogP contribution in [-0.4, -0.2) is 66.2 Å². The molecule has 3 atom stereocenters. The van der Waals surface area contributed by atoms with Crippen molar-refractivity contribution in [2.45, 2.75) is 70.7 Å². The molecule has 3 rings (SSSR count). The molecule has 2 aromatic carbocycles. The topological polar surface area (TPSA) is 123 Å². The van der Waals surface area contributed by atoms with Crippen LogP contribution < -0.4 is 16.0 Å². The molecular weight excluding hydrogens is 530 g/mol. The number of carbonyl (C=O) groups excluding carboxylic acids is 4. The van der Waals surface area contributed by atoms with E-state index in [1.807, 2.05) is 42.7 Å². The number of hydrogen-bond acceptors (Lipinski definition) is 7. The second-order valence-corrected chi connectivity index (χ2v) is 11.8. The van der Waals surface area contributed by atoms with Crippen LogP contribution in [0.25, 0.3) is 11.1 Å². The van der Waals surface area contributed by atoms with E-state index in [0.29, 0.717) is 12.2 Å². The summed E-state index contributed by atoms with van der Waals surface area (Å²) in [4.78, 5) is 50.6. The lowest BCUT2D eigenvalue weighted by atomic mass is 9.98. The Morgan fingerprint density at radius 1 is 0.850 bits per heavy atom. The number of nitrogens with one attached hydrogen (secondary N) is 3. The molecule has 9 nitrogen and oxygen atoms in total. The van der Waals surface area contributed by atoms with Crippen molar-refractivity contribution in [3.8, 4) is 11.1 Å². The van der Waals surface area contributed by atoms with Gasteiger partial charge in [-0.1, -0.05) is 48.5 Å².